The van der Waals surface area contributed by atoms with Gasteiger partial charge in [0.05, 0.1) is 13.1 Å². The first-order chi connectivity index (χ1) is 9.99. The van der Waals surface area contributed by atoms with Crippen LogP contribution in [-0.2, 0) is 20.9 Å². The maximum absolute atomic E-state index is 12.2. The Bertz CT molecular complexity index is 528. The number of nitrogens with zero attached hydrogens (tertiary/aromatic N) is 2. The smallest absolute Gasteiger partial charge is 0.243 e. The van der Waals surface area contributed by atoms with E-state index in [0.717, 1.165) is 4.88 Å². The highest BCUT2D eigenvalue weighted by Gasteiger charge is 2.36. The third-order valence-corrected chi connectivity index (χ3v) is 4.31. The molecule has 2 heterocycles. The van der Waals surface area contributed by atoms with Gasteiger partial charge >= 0.3 is 0 Å². The van der Waals surface area contributed by atoms with Crippen LogP contribution in [0.4, 0.5) is 0 Å². The number of hydrogen-bond acceptors (Lipinski definition) is 4. The van der Waals surface area contributed by atoms with Gasteiger partial charge in [-0.25, -0.2) is 0 Å². The van der Waals surface area contributed by atoms with E-state index >= 15 is 0 Å². The first-order valence-corrected chi connectivity index (χ1v) is 7.66. The minimum atomic E-state index is -0.477. The van der Waals surface area contributed by atoms with Crippen LogP contribution in [0.5, 0.6) is 0 Å². The average Bonchev–Trinajstić information content (AvgIpc) is 3.07. The number of carbonyl (C=O) groups excluding carboxylic acids is 3. The summed E-state index contributed by atoms with van der Waals surface area (Å²) in [6.45, 7) is 0.416. The van der Waals surface area contributed by atoms with Gasteiger partial charge in [0.2, 0.25) is 17.7 Å². The Morgan fingerprint density at radius 1 is 1.48 bits per heavy atom. The molecule has 1 atom stereocenters. The van der Waals surface area contributed by atoms with E-state index < -0.39 is 6.04 Å². The van der Waals surface area contributed by atoms with Gasteiger partial charge in [-0.15, -0.1) is 11.3 Å². The lowest BCUT2D eigenvalue weighted by Crippen LogP contribution is -2.46. The fraction of sp³-hybridized carbons (Fsp3) is 0.500. The zero-order valence-electron chi connectivity index (χ0n) is 12.2. The third kappa shape index (κ3) is 3.81. The van der Waals surface area contributed by atoms with Crippen LogP contribution in [0.3, 0.4) is 0 Å². The van der Waals surface area contributed by atoms with Crippen LogP contribution in [0.1, 0.15) is 17.7 Å². The molecule has 1 fully saturated rings. The summed E-state index contributed by atoms with van der Waals surface area (Å²) >= 11 is 1.56. The first kappa shape index (κ1) is 15.5. The minimum absolute atomic E-state index is 0.0116. The summed E-state index contributed by atoms with van der Waals surface area (Å²) in [5, 5.41) is 4.56. The molecule has 0 aromatic carbocycles. The SMILES string of the molecule is CN(C)C(=O)CNC(=O)C1CCC(=O)N1Cc1cccs1. The summed E-state index contributed by atoms with van der Waals surface area (Å²) < 4.78 is 0. The second-order valence-electron chi connectivity index (χ2n) is 5.16. The molecule has 1 aromatic heterocycles. The van der Waals surface area contributed by atoms with E-state index in [1.54, 1.807) is 30.3 Å². The van der Waals surface area contributed by atoms with Crippen molar-refractivity contribution in [2.45, 2.75) is 25.4 Å². The molecular formula is C14H19N3O3S. The Hall–Kier alpha value is -1.89. The van der Waals surface area contributed by atoms with Crippen molar-refractivity contribution in [2.24, 2.45) is 0 Å². The Balaban J connectivity index is 1.95. The van der Waals surface area contributed by atoms with Crippen LogP contribution in [0, 0.1) is 0 Å². The van der Waals surface area contributed by atoms with E-state index in [4.69, 9.17) is 0 Å². The fourth-order valence-electron chi connectivity index (χ4n) is 2.21. The van der Waals surface area contributed by atoms with Crippen molar-refractivity contribution >= 4 is 29.1 Å². The molecule has 1 saturated heterocycles. The van der Waals surface area contributed by atoms with Gasteiger partial charge in [-0.1, -0.05) is 6.07 Å². The maximum atomic E-state index is 12.2. The van der Waals surface area contributed by atoms with Gasteiger partial charge in [0.15, 0.2) is 0 Å². The summed E-state index contributed by atoms with van der Waals surface area (Å²) in [6, 6.07) is 3.39. The normalized spacial score (nSPS) is 17.9. The molecule has 6 nitrogen and oxygen atoms in total. The van der Waals surface area contributed by atoms with Crippen molar-refractivity contribution < 1.29 is 14.4 Å². The molecule has 1 aliphatic heterocycles. The number of hydrogen-bond donors (Lipinski definition) is 1. The van der Waals surface area contributed by atoms with Gasteiger partial charge in [0, 0.05) is 25.4 Å². The van der Waals surface area contributed by atoms with Gasteiger partial charge in [-0.2, -0.15) is 0 Å². The van der Waals surface area contributed by atoms with Crippen molar-refractivity contribution in [2.75, 3.05) is 20.6 Å². The Morgan fingerprint density at radius 3 is 2.86 bits per heavy atom. The number of nitrogens with one attached hydrogen (secondary N) is 1. The zero-order chi connectivity index (χ0) is 15.4. The highest BCUT2D eigenvalue weighted by Crippen LogP contribution is 2.23. The topological polar surface area (TPSA) is 69.7 Å². The molecule has 2 rings (SSSR count). The molecule has 0 aliphatic carbocycles. The summed E-state index contributed by atoms with van der Waals surface area (Å²) in [4.78, 5) is 39.7. The van der Waals surface area contributed by atoms with Gasteiger partial charge in [0.25, 0.3) is 0 Å². The number of likely N-dealkylation sites (tertiary alicyclic amines) is 1. The second-order valence-corrected chi connectivity index (χ2v) is 6.19. The molecule has 0 spiro atoms. The van der Waals surface area contributed by atoms with Crippen molar-refractivity contribution in [1.82, 2.24) is 15.1 Å². The number of carbonyl (C=O) groups is 3. The van der Waals surface area contributed by atoms with Crippen molar-refractivity contribution in [1.29, 1.82) is 0 Å². The van der Waals surface area contributed by atoms with Crippen LogP contribution in [0.25, 0.3) is 0 Å². The van der Waals surface area contributed by atoms with Gasteiger partial charge in [-0.05, 0) is 17.9 Å². The highest BCUT2D eigenvalue weighted by atomic mass is 32.1. The molecule has 1 aromatic rings. The lowest BCUT2D eigenvalue weighted by atomic mass is 10.2. The maximum Gasteiger partial charge on any atom is 0.243 e. The zero-order valence-corrected chi connectivity index (χ0v) is 13.0. The van der Waals surface area contributed by atoms with E-state index in [0.29, 0.717) is 19.4 Å². The molecule has 1 N–H and O–H groups in total. The summed E-state index contributed by atoms with van der Waals surface area (Å²) in [6.07, 6.45) is 0.886. The highest BCUT2D eigenvalue weighted by molar-refractivity contribution is 7.09. The van der Waals surface area contributed by atoms with Crippen molar-refractivity contribution in [3.05, 3.63) is 22.4 Å². The molecule has 0 bridgehead atoms. The largest absolute Gasteiger partial charge is 0.347 e. The number of thiophene rings is 1. The predicted molar refractivity (Wildman–Crippen MR) is 79.6 cm³/mol. The number of rotatable bonds is 5. The van der Waals surface area contributed by atoms with Crippen molar-refractivity contribution in [3.63, 3.8) is 0 Å². The molecular weight excluding hydrogens is 290 g/mol. The quantitative estimate of drug-likeness (QED) is 0.858. The Labute approximate surface area is 127 Å². The Kier molecular flexibility index (Phi) is 4.95. The monoisotopic (exact) mass is 309 g/mol. The predicted octanol–water partition coefficient (Wildman–Crippen LogP) is 0.443. The minimum Gasteiger partial charge on any atom is -0.347 e. The van der Waals surface area contributed by atoms with Crippen LogP contribution < -0.4 is 5.32 Å². The second kappa shape index (κ2) is 6.71. The van der Waals surface area contributed by atoms with Crippen LogP contribution >= 0.6 is 11.3 Å². The fourth-order valence-corrected chi connectivity index (χ4v) is 2.92. The number of likely N-dealkylation sites (N-methyl/N-ethyl adjacent to an activating group) is 1. The van der Waals surface area contributed by atoms with Gasteiger partial charge in [0.1, 0.15) is 6.04 Å². The lowest BCUT2D eigenvalue weighted by molar-refractivity contribution is -0.136. The molecule has 21 heavy (non-hydrogen) atoms. The molecule has 1 aliphatic rings. The van der Waals surface area contributed by atoms with E-state index in [1.807, 2.05) is 17.5 Å². The Morgan fingerprint density at radius 2 is 2.24 bits per heavy atom. The van der Waals surface area contributed by atoms with Gasteiger partial charge in [-0.3, -0.25) is 14.4 Å². The molecule has 3 amide bonds. The third-order valence-electron chi connectivity index (χ3n) is 3.45. The molecule has 7 heteroatoms. The number of amides is 3. The summed E-state index contributed by atoms with van der Waals surface area (Å²) in [5.41, 5.74) is 0. The van der Waals surface area contributed by atoms with E-state index in [1.165, 1.54) is 4.90 Å². The molecule has 0 radical (unpaired) electrons. The molecule has 0 saturated carbocycles. The average molecular weight is 309 g/mol. The van der Waals surface area contributed by atoms with Crippen LogP contribution in [0.2, 0.25) is 0 Å². The molecule has 1 unspecified atom stereocenters. The van der Waals surface area contributed by atoms with Crippen molar-refractivity contribution in [3.8, 4) is 0 Å². The standard InChI is InChI=1S/C14H19N3O3S/c1-16(2)13(19)8-15-14(20)11-5-6-12(18)17(11)9-10-4-3-7-21-10/h3-4,7,11H,5-6,8-9H2,1-2H3,(H,15,20). The van der Waals surface area contributed by atoms with Crippen LogP contribution in [-0.4, -0.2) is 54.2 Å². The van der Waals surface area contributed by atoms with E-state index in [9.17, 15) is 14.4 Å². The summed E-state index contributed by atoms with van der Waals surface area (Å²) in [5.74, 6) is -0.437. The van der Waals surface area contributed by atoms with Crippen LogP contribution in [0.15, 0.2) is 17.5 Å². The van der Waals surface area contributed by atoms with E-state index in [2.05, 4.69) is 5.32 Å². The first-order valence-electron chi connectivity index (χ1n) is 6.78. The lowest BCUT2D eigenvalue weighted by Gasteiger charge is -2.23. The summed E-state index contributed by atoms with van der Waals surface area (Å²) in [7, 11) is 3.27. The van der Waals surface area contributed by atoms with Gasteiger partial charge < -0.3 is 15.1 Å². The molecule has 114 valence electrons. The van der Waals surface area contributed by atoms with E-state index in [-0.39, 0.29) is 24.3 Å².